The predicted molar refractivity (Wildman–Crippen MR) is 120 cm³/mol. The van der Waals surface area contributed by atoms with Crippen LogP contribution in [0.15, 0.2) is 83.3 Å². The molecule has 3 aromatic rings. The lowest BCUT2D eigenvalue weighted by Crippen LogP contribution is -2.49. The number of sulfonamides is 1. The Morgan fingerprint density at radius 3 is 2.43 bits per heavy atom. The highest BCUT2D eigenvalue weighted by Crippen LogP contribution is 2.36. The summed E-state index contributed by atoms with van der Waals surface area (Å²) in [6.45, 7) is -0.109. The molecule has 0 aromatic heterocycles. The van der Waals surface area contributed by atoms with Gasteiger partial charge in [0.25, 0.3) is 5.91 Å². The number of fused-ring (bicyclic) bond motifs is 1. The van der Waals surface area contributed by atoms with Crippen molar-refractivity contribution in [2.45, 2.75) is 11.9 Å². The topological polar surface area (TPSA) is 75.7 Å². The Morgan fingerprint density at radius 1 is 1.00 bits per heavy atom. The SMILES string of the molecule is O=C(Nc1ccccc1Br)[C@@H]1CN(S(=O)(=O)Cc2ccccc2)c2ccccc2O1. The van der Waals surface area contributed by atoms with Crippen LogP contribution < -0.4 is 14.4 Å². The number of benzene rings is 3. The van der Waals surface area contributed by atoms with Crippen LogP contribution >= 0.6 is 15.9 Å². The quantitative estimate of drug-likeness (QED) is 0.586. The molecule has 0 aliphatic carbocycles. The monoisotopic (exact) mass is 486 g/mol. The fourth-order valence-electron chi connectivity index (χ4n) is 3.24. The van der Waals surface area contributed by atoms with E-state index in [-0.39, 0.29) is 12.3 Å². The van der Waals surface area contributed by atoms with Crippen molar-refractivity contribution in [3.05, 3.63) is 88.9 Å². The Balaban J connectivity index is 1.62. The molecule has 154 valence electrons. The number of anilines is 2. The number of hydrogen-bond acceptors (Lipinski definition) is 4. The number of halogens is 1. The molecular weight excluding hydrogens is 468 g/mol. The van der Waals surface area contributed by atoms with Crippen LogP contribution in [0.3, 0.4) is 0 Å². The predicted octanol–water partition coefficient (Wildman–Crippen LogP) is 4.19. The van der Waals surface area contributed by atoms with E-state index in [0.29, 0.717) is 22.7 Å². The molecular formula is C22H19BrN2O4S. The molecule has 1 heterocycles. The largest absolute Gasteiger partial charge is 0.476 e. The van der Waals surface area contributed by atoms with Gasteiger partial charge in [0.15, 0.2) is 6.10 Å². The molecule has 1 aliphatic rings. The molecule has 0 bridgehead atoms. The second kappa shape index (κ2) is 8.49. The van der Waals surface area contributed by atoms with E-state index < -0.39 is 22.0 Å². The summed E-state index contributed by atoms with van der Waals surface area (Å²) in [5, 5.41) is 2.80. The van der Waals surface area contributed by atoms with E-state index in [9.17, 15) is 13.2 Å². The maximum Gasteiger partial charge on any atom is 0.267 e. The average molecular weight is 487 g/mol. The minimum atomic E-state index is -3.73. The molecule has 0 spiro atoms. The van der Waals surface area contributed by atoms with Gasteiger partial charge in [-0.2, -0.15) is 0 Å². The van der Waals surface area contributed by atoms with Crippen molar-refractivity contribution in [2.24, 2.45) is 0 Å². The number of ether oxygens (including phenoxy) is 1. The minimum Gasteiger partial charge on any atom is -0.476 e. The first-order valence-electron chi connectivity index (χ1n) is 9.29. The van der Waals surface area contributed by atoms with Gasteiger partial charge in [0.2, 0.25) is 10.0 Å². The third kappa shape index (κ3) is 4.34. The molecule has 1 amide bonds. The van der Waals surface area contributed by atoms with E-state index in [1.807, 2.05) is 18.2 Å². The number of nitrogens with one attached hydrogen (secondary N) is 1. The van der Waals surface area contributed by atoms with Gasteiger partial charge in [-0.15, -0.1) is 0 Å². The van der Waals surface area contributed by atoms with E-state index in [1.165, 1.54) is 4.31 Å². The first-order valence-corrected chi connectivity index (χ1v) is 11.7. The summed E-state index contributed by atoms with van der Waals surface area (Å²) in [5.41, 5.74) is 1.69. The van der Waals surface area contributed by atoms with Crippen LogP contribution in [0, 0.1) is 0 Å². The molecule has 0 saturated heterocycles. The van der Waals surface area contributed by atoms with E-state index in [1.54, 1.807) is 60.7 Å². The highest BCUT2D eigenvalue weighted by atomic mass is 79.9. The van der Waals surface area contributed by atoms with Crippen molar-refractivity contribution in [3.8, 4) is 5.75 Å². The van der Waals surface area contributed by atoms with Crippen LogP contribution in [0.1, 0.15) is 5.56 Å². The number of para-hydroxylation sites is 3. The Kier molecular flexibility index (Phi) is 5.78. The molecule has 8 heteroatoms. The van der Waals surface area contributed by atoms with Crippen molar-refractivity contribution < 1.29 is 17.9 Å². The zero-order valence-electron chi connectivity index (χ0n) is 15.9. The van der Waals surface area contributed by atoms with Crippen LogP contribution in [0.25, 0.3) is 0 Å². The first-order chi connectivity index (χ1) is 14.4. The fraction of sp³-hybridized carbons (Fsp3) is 0.136. The van der Waals surface area contributed by atoms with E-state index >= 15 is 0 Å². The number of rotatable bonds is 5. The maximum atomic E-state index is 13.2. The molecule has 1 N–H and O–H groups in total. The van der Waals surface area contributed by atoms with E-state index in [4.69, 9.17) is 4.74 Å². The average Bonchev–Trinajstić information content (AvgIpc) is 2.75. The standard InChI is InChI=1S/C22H19BrN2O4S/c23-17-10-4-5-11-18(17)24-22(26)21-14-25(19-12-6-7-13-20(19)29-21)30(27,28)15-16-8-2-1-3-9-16/h1-13,21H,14-15H2,(H,24,26)/t21-/m0/s1. The summed E-state index contributed by atoms with van der Waals surface area (Å²) in [6.07, 6.45) is -0.988. The number of carbonyl (C=O) groups is 1. The lowest BCUT2D eigenvalue weighted by molar-refractivity contribution is -0.122. The molecule has 3 aromatic carbocycles. The molecule has 6 nitrogen and oxygen atoms in total. The highest BCUT2D eigenvalue weighted by molar-refractivity contribution is 9.10. The third-order valence-corrected chi connectivity index (χ3v) is 7.09. The summed E-state index contributed by atoms with van der Waals surface area (Å²) >= 11 is 3.39. The lowest BCUT2D eigenvalue weighted by Gasteiger charge is -2.34. The normalized spacial score (nSPS) is 15.8. The molecule has 0 saturated carbocycles. The smallest absolute Gasteiger partial charge is 0.267 e. The summed E-state index contributed by atoms with van der Waals surface area (Å²) in [4.78, 5) is 12.9. The molecule has 4 rings (SSSR count). The van der Waals surface area contributed by atoms with Crippen molar-refractivity contribution in [2.75, 3.05) is 16.2 Å². The van der Waals surface area contributed by atoms with Crippen LogP contribution in [0.5, 0.6) is 5.75 Å². The summed E-state index contributed by atoms with van der Waals surface area (Å²) in [6, 6.07) is 23.0. The molecule has 1 aliphatic heterocycles. The van der Waals surface area contributed by atoms with Gasteiger partial charge >= 0.3 is 0 Å². The number of carbonyl (C=O) groups excluding carboxylic acids is 1. The summed E-state index contributed by atoms with van der Waals surface area (Å²) in [5.74, 6) is -0.232. The van der Waals surface area contributed by atoms with Gasteiger partial charge in [0, 0.05) is 4.47 Å². The van der Waals surface area contributed by atoms with Gasteiger partial charge < -0.3 is 10.1 Å². The second-order valence-corrected chi connectivity index (χ2v) is 9.56. The van der Waals surface area contributed by atoms with Gasteiger partial charge in [-0.3, -0.25) is 9.10 Å². The maximum absolute atomic E-state index is 13.2. The molecule has 0 fully saturated rings. The van der Waals surface area contributed by atoms with Crippen LogP contribution in [-0.4, -0.2) is 27.0 Å². The Morgan fingerprint density at radius 2 is 1.67 bits per heavy atom. The van der Waals surface area contributed by atoms with E-state index in [0.717, 1.165) is 4.47 Å². The number of hydrogen-bond donors (Lipinski definition) is 1. The van der Waals surface area contributed by atoms with Crippen molar-refractivity contribution in [1.82, 2.24) is 0 Å². The Bertz CT molecular complexity index is 1170. The molecule has 1 atom stereocenters. The zero-order valence-corrected chi connectivity index (χ0v) is 18.3. The van der Waals surface area contributed by atoms with Gasteiger partial charge in [-0.05, 0) is 45.8 Å². The number of amides is 1. The van der Waals surface area contributed by atoms with Gasteiger partial charge in [0.1, 0.15) is 5.75 Å². The van der Waals surface area contributed by atoms with Gasteiger partial charge in [-0.25, -0.2) is 8.42 Å². The zero-order chi connectivity index (χ0) is 21.1. The third-order valence-electron chi connectivity index (χ3n) is 4.69. The lowest BCUT2D eigenvalue weighted by atomic mass is 10.2. The Hall–Kier alpha value is -2.84. The number of nitrogens with zero attached hydrogens (tertiary/aromatic N) is 1. The van der Waals surface area contributed by atoms with Gasteiger partial charge in [0.05, 0.1) is 23.7 Å². The second-order valence-electron chi connectivity index (χ2n) is 6.82. The fourth-order valence-corrected chi connectivity index (χ4v) is 5.21. The van der Waals surface area contributed by atoms with Crippen molar-refractivity contribution in [1.29, 1.82) is 0 Å². The van der Waals surface area contributed by atoms with Crippen LogP contribution in [0.4, 0.5) is 11.4 Å². The molecule has 30 heavy (non-hydrogen) atoms. The summed E-state index contributed by atoms with van der Waals surface area (Å²) in [7, 11) is -3.73. The van der Waals surface area contributed by atoms with Crippen LogP contribution in [0.2, 0.25) is 0 Å². The highest BCUT2D eigenvalue weighted by Gasteiger charge is 2.36. The Labute approximate surface area is 183 Å². The summed E-state index contributed by atoms with van der Waals surface area (Å²) < 4.78 is 34.3. The molecule has 0 radical (unpaired) electrons. The van der Waals surface area contributed by atoms with Gasteiger partial charge in [-0.1, -0.05) is 54.6 Å². The van der Waals surface area contributed by atoms with Crippen LogP contribution in [-0.2, 0) is 20.6 Å². The first kappa shape index (κ1) is 20.4. The van der Waals surface area contributed by atoms with E-state index in [2.05, 4.69) is 21.2 Å². The minimum absolute atomic E-state index is 0.109. The molecule has 0 unspecified atom stereocenters. The van der Waals surface area contributed by atoms with Crippen molar-refractivity contribution in [3.63, 3.8) is 0 Å². The van der Waals surface area contributed by atoms with Crippen molar-refractivity contribution >= 4 is 43.2 Å².